The van der Waals surface area contributed by atoms with Gasteiger partial charge in [0.25, 0.3) is 0 Å². The molecule has 0 radical (unpaired) electrons. The molecule has 0 spiro atoms. The number of rotatable bonds is 4. The fourth-order valence-corrected chi connectivity index (χ4v) is 2.50. The molecule has 20 heavy (non-hydrogen) atoms. The van der Waals surface area contributed by atoms with Crippen LogP contribution in [-0.4, -0.2) is 45.2 Å². The van der Waals surface area contributed by atoms with E-state index >= 15 is 0 Å². The molecule has 1 aromatic rings. The SMILES string of the molecule is CCN1CC(c2ccc(OS(C)(=O)=O)cc2)OCC1=O. The summed E-state index contributed by atoms with van der Waals surface area (Å²) in [6, 6.07) is 6.64. The summed E-state index contributed by atoms with van der Waals surface area (Å²) in [5, 5.41) is 0. The van der Waals surface area contributed by atoms with Gasteiger partial charge in [-0.1, -0.05) is 12.1 Å². The van der Waals surface area contributed by atoms with Gasteiger partial charge in [0.15, 0.2) is 0 Å². The maximum absolute atomic E-state index is 11.5. The number of hydrogen-bond donors (Lipinski definition) is 0. The Balaban J connectivity index is 2.08. The van der Waals surface area contributed by atoms with E-state index in [0.29, 0.717) is 13.1 Å². The number of benzene rings is 1. The van der Waals surface area contributed by atoms with E-state index in [9.17, 15) is 13.2 Å². The highest BCUT2D eigenvalue weighted by Crippen LogP contribution is 2.25. The van der Waals surface area contributed by atoms with Gasteiger partial charge in [-0.25, -0.2) is 0 Å². The van der Waals surface area contributed by atoms with Gasteiger partial charge in [-0.05, 0) is 24.6 Å². The third-order valence-corrected chi connectivity index (χ3v) is 3.52. The predicted molar refractivity (Wildman–Crippen MR) is 72.9 cm³/mol. The van der Waals surface area contributed by atoms with Crippen LogP contribution in [0.5, 0.6) is 5.75 Å². The van der Waals surface area contributed by atoms with Crippen molar-refractivity contribution < 1.29 is 22.1 Å². The Labute approximate surface area is 118 Å². The molecule has 2 rings (SSSR count). The predicted octanol–water partition coefficient (Wildman–Crippen LogP) is 0.945. The minimum absolute atomic E-state index is 0.0132. The van der Waals surface area contributed by atoms with Crippen LogP contribution in [0, 0.1) is 0 Å². The van der Waals surface area contributed by atoms with Crippen LogP contribution < -0.4 is 4.18 Å². The van der Waals surface area contributed by atoms with Gasteiger partial charge in [-0.2, -0.15) is 8.42 Å². The smallest absolute Gasteiger partial charge is 0.306 e. The number of carbonyl (C=O) groups is 1. The Morgan fingerprint density at radius 2 is 2.00 bits per heavy atom. The second-order valence-corrected chi connectivity index (χ2v) is 6.16. The molecule has 1 amide bonds. The Morgan fingerprint density at radius 3 is 2.55 bits per heavy atom. The summed E-state index contributed by atoms with van der Waals surface area (Å²) in [5.74, 6) is 0.247. The van der Waals surface area contributed by atoms with Gasteiger partial charge in [0, 0.05) is 6.54 Å². The molecule has 0 saturated carbocycles. The van der Waals surface area contributed by atoms with Crippen LogP contribution in [0.25, 0.3) is 0 Å². The largest absolute Gasteiger partial charge is 0.383 e. The zero-order valence-corrected chi connectivity index (χ0v) is 12.2. The molecule has 1 aliphatic heterocycles. The van der Waals surface area contributed by atoms with Crippen molar-refractivity contribution in [1.29, 1.82) is 0 Å². The van der Waals surface area contributed by atoms with Gasteiger partial charge in [0.1, 0.15) is 18.5 Å². The Bertz CT molecular complexity index is 581. The van der Waals surface area contributed by atoms with Crippen molar-refractivity contribution >= 4 is 16.0 Å². The highest BCUT2D eigenvalue weighted by molar-refractivity contribution is 7.86. The highest BCUT2D eigenvalue weighted by atomic mass is 32.2. The van der Waals surface area contributed by atoms with Crippen LogP contribution >= 0.6 is 0 Å². The number of carbonyl (C=O) groups excluding carboxylic acids is 1. The molecule has 0 N–H and O–H groups in total. The zero-order chi connectivity index (χ0) is 14.8. The normalized spacial score (nSPS) is 20.0. The van der Waals surface area contributed by atoms with Gasteiger partial charge in [-0.3, -0.25) is 4.79 Å². The molecular formula is C13H17NO5S. The van der Waals surface area contributed by atoms with Crippen LogP contribution in [0.1, 0.15) is 18.6 Å². The van der Waals surface area contributed by atoms with Crippen molar-refractivity contribution in [2.75, 3.05) is 26.0 Å². The number of amides is 1. The monoisotopic (exact) mass is 299 g/mol. The fraction of sp³-hybridized carbons (Fsp3) is 0.462. The van der Waals surface area contributed by atoms with Crippen LogP contribution in [0.3, 0.4) is 0 Å². The van der Waals surface area contributed by atoms with Crippen molar-refractivity contribution in [2.24, 2.45) is 0 Å². The summed E-state index contributed by atoms with van der Waals surface area (Å²) in [7, 11) is -3.52. The number of likely N-dealkylation sites (N-methyl/N-ethyl adjacent to an activating group) is 1. The lowest BCUT2D eigenvalue weighted by Crippen LogP contribution is -2.42. The van der Waals surface area contributed by atoms with Gasteiger partial charge >= 0.3 is 10.1 Å². The lowest BCUT2D eigenvalue weighted by atomic mass is 10.1. The number of hydrogen-bond acceptors (Lipinski definition) is 5. The lowest BCUT2D eigenvalue weighted by Gasteiger charge is -2.32. The summed E-state index contributed by atoms with van der Waals surface area (Å²) in [6.07, 6.45) is 0.801. The molecule has 0 bridgehead atoms. The number of nitrogens with zero attached hydrogens (tertiary/aromatic N) is 1. The molecule has 6 nitrogen and oxygen atoms in total. The van der Waals surface area contributed by atoms with E-state index in [1.807, 2.05) is 6.92 Å². The topological polar surface area (TPSA) is 72.9 Å². The van der Waals surface area contributed by atoms with Crippen molar-refractivity contribution in [3.63, 3.8) is 0 Å². The standard InChI is InChI=1S/C13H17NO5S/c1-3-14-8-12(18-9-13(14)15)10-4-6-11(7-5-10)19-20(2,16)17/h4-7,12H,3,8-9H2,1-2H3. The van der Waals surface area contributed by atoms with Gasteiger partial charge < -0.3 is 13.8 Å². The number of ether oxygens (including phenoxy) is 1. The first-order chi connectivity index (χ1) is 9.39. The molecule has 0 aliphatic carbocycles. The van der Waals surface area contributed by atoms with Gasteiger partial charge in [0.05, 0.1) is 12.8 Å². The quantitative estimate of drug-likeness (QED) is 0.774. The van der Waals surface area contributed by atoms with Gasteiger partial charge in [0.2, 0.25) is 5.91 Å². The molecule has 1 aliphatic rings. The van der Waals surface area contributed by atoms with E-state index in [4.69, 9.17) is 8.92 Å². The molecule has 1 atom stereocenters. The molecule has 1 heterocycles. The first-order valence-electron chi connectivity index (χ1n) is 6.28. The van der Waals surface area contributed by atoms with Crippen LogP contribution in [0.2, 0.25) is 0 Å². The second-order valence-electron chi connectivity index (χ2n) is 4.59. The molecule has 7 heteroatoms. The number of morpholine rings is 1. The average Bonchev–Trinajstić information content (AvgIpc) is 2.38. The van der Waals surface area contributed by atoms with E-state index in [-0.39, 0.29) is 24.4 Å². The third-order valence-electron chi connectivity index (χ3n) is 3.03. The van der Waals surface area contributed by atoms with E-state index in [2.05, 4.69) is 0 Å². The minimum Gasteiger partial charge on any atom is -0.383 e. The summed E-state index contributed by atoms with van der Waals surface area (Å²) in [5.41, 5.74) is 0.886. The Kier molecular flexibility index (Phi) is 4.29. The second kappa shape index (κ2) is 5.80. The molecule has 1 unspecified atom stereocenters. The first kappa shape index (κ1) is 14.8. The van der Waals surface area contributed by atoms with Crippen molar-refractivity contribution in [3.8, 4) is 5.75 Å². The zero-order valence-electron chi connectivity index (χ0n) is 11.4. The maximum atomic E-state index is 11.5. The van der Waals surface area contributed by atoms with E-state index < -0.39 is 10.1 Å². The van der Waals surface area contributed by atoms with Crippen molar-refractivity contribution in [1.82, 2.24) is 4.90 Å². The van der Waals surface area contributed by atoms with Crippen molar-refractivity contribution in [2.45, 2.75) is 13.0 Å². The Hall–Kier alpha value is -1.60. The molecule has 1 fully saturated rings. The summed E-state index contributed by atoms with van der Waals surface area (Å²) in [4.78, 5) is 13.3. The molecular weight excluding hydrogens is 282 g/mol. The lowest BCUT2D eigenvalue weighted by molar-refractivity contribution is -0.148. The summed E-state index contributed by atoms with van der Waals surface area (Å²) < 4.78 is 32.3. The minimum atomic E-state index is -3.52. The third kappa shape index (κ3) is 3.71. The highest BCUT2D eigenvalue weighted by Gasteiger charge is 2.26. The van der Waals surface area contributed by atoms with Crippen LogP contribution in [-0.2, 0) is 19.6 Å². The molecule has 1 aromatic carbocycles. The molecule has 0 aromatic heterocycles. The summed E-state index contributed by atoms with van der Waals surface area (Å²) in [6.45, 7) is 3.14. The van der Waals surface area contributed by atoms with E-state index in [1.165, 1.54) is 0 Å². The fourth-order valence-electron chi connectivity index (χ4n) is 2.04. The van der Waals surface area contributed by atoms with Crippen LogP contribution in [0.4, 0.5) is 0 Å². The summed E-state index contributed by atoms with van der Waals surface area (Å²) >= 11 is 0. The maximum Gasteiger partial charge on any atom is 0.306 e. The van der Waals surface area contributed by atoms with Gasteiger partial charge in [-0.15, -0.1) is 0 Å². The van der Waals surface area contributed by atoms with E-state index in [0.717, 1.165) is 11.8 Å². The molecule has 110 valence electrons. The van der Waals surface area contributed by atoms with Crippen molar-refractivity contribution in [3.05, 3.63) is 29.8 Å². The Morgan fingerprint density at radius 1 is 1.35 bits per heavy atom. The van der Waals surface area contributed by atoms with E-state index in [1.54, 1.807) is 29.2 Å². The molecule has 1 saturated heterocycles. The average molecular weight is 299 g/mol. The first-order valence-corrected chi connectivity index (χ1v) is 8.09. The van der Waals surface area contributed by atoms with Crippen LogP contribution in [0.15, 0.2) is 24.3 Å².